The number of nitrogens with one attached hydrogen (secondary N) is 1. The number of amides is 3. The number of piperidine rings is 1. The molecule has 3 amide bonds. The van der Waals surface area contributed by atoms with E-state index in [2.05, 4.69) is 10.2 Å². The topological polar surface area (TPSA) is 55.9 Å². The summed E-state index contributed by atoms with van der Waals surface area (Å²) >= 11 is 6.19. The van der Waals surface area contributed by atoms with Crippen LogP contribution in [0.2, 0.25) is 5.02 Å². The van der Waals surface area contributed by atoms with Crippen LogP contribution in [0, 0.1) is 0 Å². The van der Waals surface area contributed by atoms with Crippen molar-refractivity contribution in [2.45, 2.75) is 38.1 Å². The third-order valence-electron chi connectivity index (χ3n) is 5.68. The fourth-order valence-electron chi connectivity index (χ4n) is 4.26. The molecule has 140 valence electrons. The first kappa shape index (κ1) is 17.5. The number of rotatable bonds is 2. The van der Waals surface area contributed by atoms with Crippen molar-refractivity contribution in [1.29, 1.82) is 0 Å². The number of nitrogens with zero attached hydrogens (tertiary/aromatic N) is 3. The lowest BCUT2D eigenvalue weighted by Crippen LogP contribution is -2.54. The molecule has 3 aliphatic rings. The molecule has 0 aromatic heterocycles. The van der Waals surface area contributed by atoms with Gasteiger partial charge in [-0.1, -0.05) is 11.6 Å². The number of piperazine rings is 1. The molecule has 0 bridgehead atoms. The third kappa shape index (κ3) is 3.47. The largest absolute Gasteiger partial charge is 0.370 e. The van der Waals surface area contributed by atoms with E-state index in [1.54, 1.807) is 0 Å². The van der Waals surface area contributed by atoms with Gasteiger partial charge in [0.15, 0.2) is 0 Å². The van der Waals surface area contributed by atoms with Gasteiger partial charge in [0.1, 0.15) is 0 Å². The summed E-state index contributed by atoms with van der Waals surface area (Å²) in [6.07, 6.45) is 5.06. The predicted molar refractivity (Wildman–Crippen MR) is 103 cm³/mol. The Kier molecular flexibility index (Phi) is 4.94. The van der Waals surface area contributed by atoms with E-state index in [1.807, 2.05) is 28.0 Å². The molecule has 0 spiro atoms. The maximum atomic E-state index is 12.8. The SMILES string of the molecule is O=C(Nc1cc(Cl)ccc1N1CCCCC1)N1CCN2C(=O)CCC2C1. The third-order valence-corrected chi connectivity index (χ3v) is 5.91. The molecule has 26 heavy (non-hydrogen) atoms. The van der Waals surface area contributed by atoms with Crippen LogP contribution in [0.25, 0.3) is 0 Å². The number of fused-ring (bicyclic) bond motifs is 1. The first-order valence-electron chi connectivity index (χ1n) is 9.52. The molecule has 3 aliphatic heterocycles. The summed E-state index contributed by atoms with van der Waals surface area (Å²) in [5.74, 6) is 0.220. The van der Waals surface area contributed by atoms with Crippen LogP contribution in [0.15, 0.2) is 18.2 Å². The highest BCUT2D eigenvalue weighted by Gasteiger charge is 2.37. The lowest BCUT2D eigenvalue weighted by atomic mass is 10.1. The van der Waals surface area contributed by atoms with Gasteiger partial charge in [0.2, 0.25) is 5.91 Å². The second kappa shape index (κ2) is 7.35. The van der Waals surface area contributed by atoms with Crippen molar-refractivity contribution < 1.29 is 9.59 Å². The van der Waals surface area contributed by atoms with Crippen LogP contribution in [0.5, 0.6) is 0 Å². The van der Waals surface area contributed by atoms with Crippen LogP contribution in [-0.4, -0.2) is 60.5 Å². The van der Waals surface area contributed by atoms with E-state index in [9.17, 15) is 9.59 Å². The first-order chi connectivity index (χ1) is 12.6. The molecule has 3 saturated heterocycles. The second-order valence-electron chi connectivity index (χ2n) is 7.36. The van der Waals surface area contributed by atoms with Gasteiger partial charge in [0, 0.05) is 50.2 Å². The van der Waals surface area contributed by atoms with Gasteiger partial charge in [-0.05, 0) is 43.9 Å². The van der Waals surface area contributed by atoms with Gasteiger partial charge < -0.3 is 20.0 Å². The molecular weight excluding hydrogens is 352 g/mol. The normalized spacial score (nSPS) is 23.2. The number of anilines is 2. The Morgan fingerprint density at radius 2 is 1.92 bits per heavy atom. The quantitative estimate of drug-likeness (QED) is 0.862. The Hall–Kier alpha value is -1.95. The Morgan fingerprint density at radius 3 is 2.73 bits per heavy atom. The molecular formula is C19H25ClN4O2. The Bertz CT molecular complexity index is 705. The van der Waals surface area contributed by atoms with E-state index < -0.39 is 0 Å². The van der Waals surface area contributed by atoms with Crippen LogP contribution in [0.4, 0.5) is 16.2 Å². The molecule has 1 N–H and O–H groups in total. The highest BCUT2D eigenvalue weighted by Crippen LogP contribution is 2.32. The summed E-state index contributed by atoms with van der Waals surface area (Å²) < 4.78 is 0. The van der Waals surface area contributed by atoms with Crippen molar-refractivity contribution >= 4 is 34.9 Å². The molecule has 0 saturated carbocycles. The maximum absolute atomic E-state index is 12.8. The van der Waals surface area contributed by atoms with Gasteiger partial charge in [0.25, 0.3) is 0 Å². The zero-order chi connectivity index (χ0) is 18.1. The molecule has 0 radical (unpaired) electrons. The number of benzene rings is 1. The summed E-state index contributed by atoms with van der Waals surface area (Å²) in [5, 5.41) is 3.68. The number of urea groups is 1. The monoisotopic (exact) mass is 376 g/mol. The minimum atomic E-state index is -0.107. The smallest absolute Gasteiger partial charge is 0.322 e. The molecule has 0 aliphatic carbocycles. The number of hydrogen-bond donors (Lipinski definition) is 1. The van der Waals surface area contributed by atoms with Crippen LogP contribution in [-0.2, 0) is 4.79 Å². The highest BCUT2D eigenvalue weighted by atomic mass is 35.5. The number of hydrogen-bond acceptors (Lipinski definition) is 3. The zero-order valence-electron chi connectivity index (χ0n) is 14.9. The van der Waals surface area contributed by atoms with Gasteiger partial charge in [-0.25, -0.2) is 4.79 Å². The molecule has 6 nitrogen and oxygen atoms in total. The minimum absolute atomic E-state index is 0.107. The molecule has 1 aromatic carbocycles. The van der Waals surface area contributed by atoms with Crippen LogP contribution in [0.3, 0.4) is 0 Å². The van der Waals surface area contributed by atoms with Gasteiger partial charge in [-0.3, -0.25) is 4.79 Å². The number of halogens is 1. The average molecular weight is 377 g/mol. The zero-order valence-corrected chi connectivity index (χ0v) is 15.7. The van der Waals surface area contributed by atoms with Crippen molar-refractivity contribution in [3.05, 3.63) is 23.2 Å². The van der Waals surface area contributed by atoms with Gasteiger partial charge in [0.05, 0.1) is 11.4 Å². The fourth-order valence-corrected chi connectivity index (χ4v) is 4.43. The van der Waals surface area contributed by atoms with Crippen molar-refractivity contribution in [1.82, 2.24) is 9.80 Å². The molecule has 1 aromatic rings. The van der Waals surface area contributed by atoms with Gasteiger partial charge in [-0.2, -0.15) is 0 Å². The highest BCUT2D eigenvalue weighted by molar-refractivity contribution is 6.31. The van der Waals surface area contributed by atoms with E-state index in [4.69, 9.17) is 11.6 Å². The van der Waals surface area contributed by atoms with E-state index in [0.717, 1.165) is 30.9 Å². The van der Waals surface area contributed by atoms with E-state index in [1.165, 1.54) is 19.3 Å². The first-order valence-corrected chi connectivity index (χ1v) is 9.89. The average Bonchev–Trinajstić information content (AvgIpc) is 3.03. The molecule has 1 unspecified atom stereocenters. The van der Waals surface area contributed by atoms with Gasteiger partial charge >= 0.3 is 6.03 Å². The fraction of sp³-hybridized carbons (Fsp3) is 0.579. The Morgan fingerprint density at radius 1 is 1.12 bits per heavy atom. The Balaban J connectivity index is 1.47. The summed E-state index contributed by atoms with van der Waals surface area (Å²) in [6.45, 7) is 3.83. The van der Waals surface area contributed by atoms with E-state index in [0.29, 0.717) is 31.1 Å². The predicted octanol–water partition coefficient (Wildman–Crippen LogP) is 3.17. The second-order valence-corrected chi connectivity index (χ2v) is 7.80. The molecule has 3 heterocycles. The molecule has 3 fully saturated rings. The van der Waals surface area contributed by atoms with Crippen LogP contribution in [0.1, 0.15) is 32.1 Å². The van der Waals surface area contributed by atoms with Crippen molar-refractivity contribution in [3.63, 3.8) is 0 Å². The summed E-state index contributed by atoms with van der Waals surface area (Å²) in [4.78, 5) is 30.7. The number of carbonyl (C=O) groups excluding carboxylic acids is 2. The maximum Gasteiger partial charge on any atom is 0.322 e. The molecule has 7 heteroatoms. The Labute approximate surface area is 159 Å². The summed E-state index contributed by atoms with van der Waals surface area (Å²) in [7, 11) is 0. The lowest BCUT2D eigenvalue weighted by Gasteiger charge is -2.37. The number of carbonyl (C=O) groups is 2. The van der Waals surface area contributed by atoms with Crippen molar-refractivity contribution in [3.8, 4) is 0 Å². The summed E-state index contributed by atoms with van der Waals surface area (Å²) in [6, 6.07) is 5.77. The lowest BCUT2D eigenvalue weighted by molar-refractivity contribution is -0.130. The summed E-state index contributed by atoms with van der Waals surface area (Å²) in [5.41, 5.74) is 1.81. The van der Waals surface area contributed by atoms with Crippen LogP contribution >= 0.6 is 11.6 Å². The van der Waals surface area contributed by atoms with Gasteiger partial charge in [-0.15, -0.1) is 0 Å². The van der Waals surface area contributed by atoms with E-state index >= 15 is 0 Å². The minimum Gasteiger partial charge on any atom is -0.370 e. The molecule has 1 atom stereocenters. The molecule has 4 rings (SSSR count). The van der Waals surface area contributed by atoms with Crippen LogP contribution < -0.4 is 10.2 Å². The van der Waals surface area contributed by atoms with Crippen molar-refractivity contribution in [2.75, 3.05) is 42.9 Å². The van der Waals surface area contributed by atoms with E-state index in [-0.39, 0.29) is 18.0 Å². The van der Waals surface area contributed by atoms with Crippen molar-refractivity contribution in [2.24, 2.45) is 0 Å². The standard InChI is InChI=1S/C19H25ClN4O2/c20-14-4-6-17(22-8-2-1-3-9-22)16(12-14)21-19(26)23-10-11-24-15(13-23)5-7-18(24)25/h4,6,12,15H,1-3,5,7-11,13H2,(H,21,26).